The molecule has 3 aromatic carbocycles. The number of nitrogens with one attached hydrogen (secondary N) is 2. The molecule has 31 heavy (non-hydrogen) atoms. The molecular weight excluding hydrogens is 458 g/mol. The van der Waals surface area contributed by atoms with Crippen molar-refractivity contribution in [3.05, 3.63) is 94.0 Å². The SMILES string of the molecule is COc1ccc(C2=C[C@@H]3c4ccccc4O[C@@]4(C(=O)Nc5ccc(Br)cc54)N3N2)cc1. The molecule has 0 bridgehead atoms. The van der Waals surface area contributed by atoms with E-state index in [-0.39, 0.29) is 11.9 Å². The lowest BCUT2D eigenvalue weighted by Gasteiger charge is -2.44. The van der Waals surface area contributed by atoms with Crippen LogP contribution in [0.4, 0.5) is 5.69 Å². The molecule has 1 amide bonds. The average Bonchev–Trinajstić information content (AvgIpc) is 3.35. The van der Waals surface area contributed by atoms with Gasteiger partial charge in [0, 0.05) is 15.6 Å². The largest absolute Gasteiger partial charge is 0.497 e. The Labute approximate surface area is 187 Å². The number of methoxy groups -OCH3 is 1. The molecule has 0 saturated carbocycles. The highest BCUT2D eigenvalue weighted by atomic mass is 79.9. The predicted octanol–water partition coefficient (Wildman–Crippen LogP) is 4.56. The van der Waals surface area contributed by atoms with Crippen molar-refractivity contribution in [2.24, 2.45) is 0 Å². The third-order valence-electron chi connectivity index (χ3n) is 5.98. The monoisotopic (exact) mass is 475 g/mol. The van der Waals surface area contributed by atoms with Crippen LogP contribution in [0.1, 0.15) is 22.7 Å². The summed E-state index contributed by atoms with van der Waals surface area (Å²) in [5.41, 5.74) is 6.54. The van der Waals surface area contributed by atoms with Crippen LogP contribution in [0.2, 0.25) is 0 Å². The number of para-hydroxylation sites is 1. The van der Waals surface area contributed by atoms with E-state index in [2.05, 4.69) is 32.7 Å². The summed E-state index contributed by atoms with van der Waals surface area (Å²) in [7, 11) is 1.65. The second kappa shape index (κ2) is 6.60. The molecule has 6 rings (SSSR count). The lowest BCUT2D eigenvalue weighted by Crippen LogP contribution is -2.60. The summed E-state index contributed by atoms with van der Waals surface area (Å²) in [5.74, 6) is 1.26. The maximum Gasteiger partial charge on any atom is 0.291 e. The number of benzene rings is 3. The number of anilines is 1. The number of ether oxygens (including phenoxy) is 2. The Morgan fingerprint density at radius 3 is 2.71 bits per heavy atom. The first kappa shape index (κ1) is 18.5. The molecule has 0 unspecified atom stereocenters. The standard InChI is InChI=1S/C24H18BrN3O3/c1-30-16-9-6-14(7-10-16)20-13-21-17-4-2-3-5-22(17)31-24(28(21)27-20)18-12-15(25)8-11-19(18)26-23(24)29/h2-13,21,27H,1H3,(H,26,29)/t21-,24+/m1/s1. The highest BCUT2D eigenvalue weighted by molar-refractivity contribution is 9.10. The number of carbonyl (C=O) groups excluding carboxylic acids is 1. The third kappa shape index (κ3) is 2.57. The minimum Gasteiger partial charge on any atom is -0.497 e. The zero-order chi connectivity index (χ0) is 21.2. The summed E-state index contributed by atoms with van der Waals surface area (Å²) in [6, 6.07) is 21.2. The van der Waals surface area contributed by atoms with E-state index in [1.165, 1.54) is 0 Å². The first-order valence-corrected chi connectivity index (χ1v) is 10.7. The molecule has 154 valence electrons. The Kier molecular flexibility index (Phi) is 3.94. The molecule has 0 saturated heterocycles. The summed E-state index contributed by atoms with van der Waals surface area (Å²) < 4.78 is 12.7. The first-order valence-electron chi connectivity index (χ1n) is 9.92. The van der Waals surface area contributed by atoms with Gasteiger partial charge in [-0.05, 0) is 60.2 Å². The normalized spacial score (nSPS) is 23.2. The number of fused-ring (bicyclic) bond motifs is 6. The van der Waals surface area contributed by atoms with Crippen molar-refractivity contribution >= 4 is 33.2 Å². The summed E-state index contributed by atoms with van der Waals surface area (Å²) >= 11 is 3.54. The van der Waals surface area contributed by atoms with E-state index in [4.69, 9.17) is 9.47 Å². The van der Waals surface area contributed by atoms with Gasteiger partial charge < -0.3 is 20.2 Å². The fraction of sp³-hybridized carbons (Fsp3) is 0.125. The molecule has 2 atom stereocenters. The van der Waals surface area contributed by atoms with Crippen molar-refractivity contribution in [2.45, 2.75) is 11.8 Å². The third-order valence-corrected chi connectivity index (χ3v) is 6.48. The van der Waals surface area contributed by atoms with E-state index < -0.39 is 5.72 Å². The molecule has 1 spiro atoms. The van der Waals surface area contributed by atoms with Gasteiger partial charge in [0.25, 0.3) is 11.6 Å². The number of nitrogens with zero attached hydrogens (tertiary/aromatic N) is 1. The van der Waals surface area contributed by atoms with E-state index in [0.29, 0.717) is 5.75 Å². The van der Waals surface area contributed by atoms with Crippen LogP contribution in [0.15, 0.2) is 77.3 Å². The van der Waals surface area contributed by atoms with Crippen LogP contribution < -0.4 is 20.2 Å². The number of halogens is 1. The van der Waals surface area contributed by atoms with Gasteiger partial charge in [-0.1, -0.05) is 34.1 Å². The minimum absolute atomic E-state index is 0.183. The Morgan fingerprint density at radius 2 is 1.90 bits per heavy atom. The molecule has 0 aromatic heterocycles. The molecule has 7 heteroatoms. The summed E-state index contributed by atoms with van der Waals surface area (Å²) in [6.07, 6.45) is 2.13. The number of hydrogen-bond acceptors (Lipinski definition) is 5. The molecule has 3 aliphatic rings. The van der Waals surface area contributed by atoms with E-state index in [9.17, 15) is 4.79 Å². The Hall–Kier alpha value is -3.29. The number of hydrogen-bond donors (Lipinski definition) is 2. The second-order valence-corrected chi connectivity index (χ2v) is 8.58. The first-order chi connectivity index (χ1) is 15.1. The quantitative estimate of drug-likeness (QED) is 0.568. The van der Waals surface area contributed by atoms with Crippen LogP contribution in [0.3, 0.4) is 0 Å². The molecule has 3 aromatic rings. The summed E-state index contributed by atoms with van der Waals surface area (Å²) in [6.45, 7) is 0. The van der Waals surface area contributed by atoms with Crippen LogP contribution in [0.25, 0.3) is 5.70 Å². The second-order valence-electron chi connectivity index (χ2n) is 7.66. The van der Waals surface area contributed by atoms with E-state index in [0.717, 1.165) is 38.3 Å². The molecule has 0 aliphatic carbocycles. The predicted molar refractivity (Wildman–Crippen MR) is 120 cm³/mol. The maximum atomic E-state index is 13.4. The zero-order valence-corrected chi connectivity index (χ0v) is 18.1. The molecule has 3 heterocycles. The van der Waals surface area contributed by atoms with Crippen molar-refractivity contribution in [3.8, 4) is 11.5 Å². The summed E-state index contributed by atoms with van der Waals surface area (Å²) in [4.78, 5) is 13.4. The van der Waals surface area contributed by atoms with Crippen LogP contribution in [-0.4, -0.2) is 18.0 Å². The van der Waals surface area contributed by atoms with Crippen molar-refractivity contribution < 1.29 is 14.3 Å². The van der Waals surface area contributed by atoms with E-state index in [1.54, 1.807) is 7.11 Å². The molecule has 3 aliphatic heterocycles. The number of carbonyl (C=O) groups is 1. The highest BCUT2D eigenvalue weighted by Gasteiger charge is 2.60. The Bertz CT molecular complexity index is 1260. The smallest absolute Gasteiger partial charge is 0.291 e. The van der Waals surface area contributed by atoms with Crippen LogP contribution in [0.5, 0.6) is 11.5 Å². The van der Waals surface area contributed by atoms with Gasteiger partial charge >= 0.3 is 0 Å². The Morgan fingerprint density at radius 1 is 1.10 bits per heavy atom. The molecule has 0 radical (unpaired) electrons. The lowest BCUT2D eigenvalue weighted by atomic mass is 9.95. The average molecular weight is 476 g/mol. The number of rotatable bonds is 2. The van der Waals surface area contributed by atoms with Gasteiger partial charge in [-0.15, -0.1) is 0 Å². The van der Waals surface area contributed by atoms with Gasteiger partial charge in [-0.2, -0.15) is 5.01 Å². The molecule has 6 nitrogen and oxygen atoms in total. The van der Waals surface area contributed by atoms with Crippen LogP contribution >= 0.6 is 15.9 Å². The molecular formula is C24H18BrN3O3. The highest BCUT2D eigenvalue weighted by Crippen LogP contribution is 2.53. The van der Waals surface area contributed by atoms with Gasteiger partial charge in [-0.25, -0.2) is 0 Å². The van der Waals surface area contributed by atoms with Gasteiger partial charge in [0.05, 0.1) is 24.5 Å². The van der Waals surface area contributed by atoms with Crippen LogP contribution in [-0.2, 0) is 10.5 Å². The zero-order valence-electron chi connectivity index (χ0n) is 16.6. The number of hydrazine groups is 1. The van der Waals surface area contributed by atoms with Gasteiger partial charge in [0.1, 0.15) is 11.5 Å². The van der Waals surface area contributed by atoms with E-state index >= 15 is 0 Å². The van der Waals surface area contributed by atoms with Gasteiger partial charge in [0.15, 0.2) is 0 Å². The van der Waals surface area contributed by atoms with Gasteiger partial charge in [-0.3, -0.25) is 4.79 Å². The van der Waals surface area contributed by atoms with Crippen LogP contribution in [0, 0.1) is 0 Å². The van der Waals surface area contributed by atoms with Crippen molar-refractivity contribution in [1.29, 1.82) is 0 Å². The molecule has 0 fully saturated rings. The van der Waals surface area contributed by atoms with Gasteiger partial charge in [0.2, 0.25) is 0 Å². The van der Waals surface area contributed by atoms with Crippen molar-refractivity contribution in [3.63, 3.8) is 0 Å². The van der Waals surface area contributed by atoms with Crippen molar-refractivity contribution in [2.75, 3.05) is 12.4 Å². The number of amides is 1. The Balaban J connectivity index is 1.52. The minimum atomic E-state index is -1.33. The topological polar surface area (TPSA) is 62.8 Å². The molecule has 2 N–H and O–H groups in total. The van der Waals surface area contributed by atoms with Crippen molar-refractivity contribution in [1.82, 2.24) is 10.4 Å². The fourth-order valence-electron chi connectivity index (χ4n) is 4.51. The maximum absolute atomic E-state index is 13.4. The lowest BCUT2D eigenvalue weighted by molar-refractivity contribution is -0.165. The van der Waals surface area contributed by atoms with E-state index in [1.807, 2.05) is 71.7 Å². The summed E-state index contributed by atoms with van der Waals surface area (Å²) in [5, 5.41) is 4.90. The fourth-order valence-corrected chi connectivity index (χ4v) is 4.87.